The highest BCUT2D eigenvalue weighted by molar-refractivity contribution is 5.95. The highest BCUT2D eigenvalue weighted by Crippen LogP contribution is 2.29. The van der Waals surface area contributed by atoms with E-state index in [4.69, 9.17) is 10.1 Å². The molecule has 0 heterocycles. The number of benzene rings is 3. The first-order valence-electron chi connectivity index (χ1n) is 14.2. The summed E-state index contributed by atoms with van der Waals surface area (Å²) in [6.07, 6.45) is 3.31. The molecule has 0 aliphatic rings. The van der Waals surface area contributed by atoms with E-state index >= 15 is 0 Å². The highest BCUT2D eigenvalue weighted by Gasteiger charge is 2.17. The van der Waals surface area contributed by atoms with Crippen LogP contribution in [-0.4, -0.2) is 36.2 Å². The number of amidine groups is 1. The van der Waals surface area contributed by atoms with Gasteiger partial charge in [0, 0.05) is 31.5 Å². The predicted molar refractivity (Wildman–Crippen MR) is 163 cm³/mol. The molecule has 6 nitrogen and oxygen atoms in total. The summed E-state index contributed by atoms with van der Waals surface area (Å²) in [5, 5.41) is 11.5. The summed E-state index contributed by atoms with van der Waals surface area (Å²) in [5.41, 5.74) is 6.56. The minimum absolute atomic E-state index is 0.0909. The van der Waals surface area contributed by atoms with Crippen LogP contribution < -0.4 is 10.1 Å². The number of hydrogen-bond donors (Lipinski definition) is 2. The second-order valence-corrected chi connectivity index (χ2v) is 11.0. The van der Waals surface area contributed by atoms with Crippen LogP contribution in [0.3, 0.4) is 0 Å². The van der Waals surface area contributed by atoms with Gasteiger partial charge in [-0.2, -0.15) is 0 Å². The molecular weight excluding hydrogens is 498 g/mol. The molecule has 2 N–H and O–H groups in total. The van der Waals surface area contributed by atoms with Gasteiger partial charge in [-0.25, -0.2) is 4.79 Å². The first-order valence-corrected chi connectivity index (χ1v) is 14.2. The zero-order chi connectivity index (χ0) is 29.1. The number of ether oxygens (including phenoxy) is 1. The Hall–Kier alpha value is -3.93. The maximum Gasteiger partial charge on any atom is 0.323 e. The van der Waals surface area contributed by atoms with E-state index in [1.807, 2.05) is 50.2 Å². The summed E-state index contributed by atoms with van der Waals surface area (Å²) < 4.78 is 5.76. The number of nitrogens with one attached hydrogen (secondary N) is 2. The van der Waals surface area contributed by atoms with Crippen LogP contribution in [0.2, 0.25) is 0 Å². The van der Waals surface area contributed by atoms with Gasteiger partial charge in [0.2, 0.25) is 0 Å². The van der Waals surface area contributed by atoms with E-state index in [0.29, 0.717) is 38.4 Å². The maximum atomic E-state index is 12.8. The fraction of sp³-hybridized carbons (Fsp3) is 0.382. The molecule has 0 saturated carbocycles. The summed E-state index contributed by atoms with van der Waals surface area (Å²) >= 11 is 0. The molecule has 0 aliphatic heterocycles. The fourth-order valence-corrected chi connectivity index (χ4v) is 4.64. The van der Waals surface area contributed by atoms with Crippen molar-refractivity contribution < 1.29 is 14.3 Å². The molecule has 0 unspecified atom stereocenters. The van der Waals surface area contributed by atoms with Gasteiger partial charge in [0.05, 0.1) is 6.61 Å². The van der Waals surface area contributed by atoms with Crippen molar-refractivity contribution in [3.8, 4) is 16.9 Å². The maximum absolute atomic E-state index is 12.8. The minimum Gasteiger partial charge on any atom is -0.494 e. The monoisotopic (exact) mass is 541 g/mol. The van der Waals surface area contributed by atoms with Crippen molar-refractivity contribution in [3.05, 3.63) is 89.0 Å². The van der Waals surface area contributed by atoms with E-state index < -0.39 is 0 Å². The third-order valence-corrected chi connectivity index (χ3v) is 6.96. The zero-order valence-corrected chi connectivity index (χ0v) is 24.5. The second-order valence-electron chi connectivity index (χ2n) is 11.0. The Labute approximate surface area is 239 Å². The van der Waals surface area contributed by atoms with Gasteiger partial charge in [0.25, 0.3) is 0 Å². The Morgan fingerprint density at radius 3 is 2.35 bits per heavy atom. The summed E-state index contributed by atoms with van der Waals surface area (Å²) in [6.45, 7) is 11.8. The molecule has 3 aromatic rings. The van der Waals surface area contributed by atoms with Crippen molar-refractivity contribution in [2.75, 3.05) is 13.2 Å². The van der Waals surface area contributed by atoms with Gasteiger partial charge in [-0.15, -0.1) is 0 Å². The van der Waals surface area contributed by atoms with Crippen LogP contribution in [0.15, 0.2) is 66.7 Å². The van der Waals surface area contributed by atoms with Crippen molar-refractivity contribution in [2.45, 2.75) is 72.3 Å². The first-order chi connectivity index (χ1) is 19.2. The van der Waals surface area contributed by atoms with Crippen molar-refractivity contribution in [1.29, 1.82) is 5.41 Å². The third kappa shape index (κ3) is 8.54. The van der Waals surface area contributed by atoms with E-state index in [2.05, 4.69) is 56.4 Å². The Morgan fingerprint density at radius 2 is 1.70 bits per heavy atom. The number of rotatable bonds is 12. The molecule has 6 heteroatoms. The van der Waals surface area contributed by atoms with E-state index in [-0.39, 0.29) is 11.4 Å². The zero-order valence-electron chi connectivity index (χ0n) is 24.5. The second kappa shape index (κ2) is 14.5. The van der Waals surface area contributed by atoms with Gasteiger partial charge in [-0.1, -0.05) is 81.4 Å². The Morgan fingerprint density at radius 1 is 0.975 bits per heavy atom. The van der Waals surface area contributed by atoms with E-state index in [9.17, 15) is 9.59 Å². The van der Waals surface area contributed by atoms with Gasteiger partial charge in [-0.3, -0.25) is 10.3 Å². The van der Waals surface area contributed by atoms with Crippen LogP contribution in [0.5, 0.6) is 5.75 Å². The SMILES string of the molecule is CCOc1cc(-c2cccc(CCCC(=N)N(CC)C(=O)NCc3ccc(C(C)(C)C)cc3)c2)ccc1CC=O. The molecule has 0 radical (unpaired) electrons. The van der Waals surface area contributed by atoms with Crippen molar-refractivity contribution >= 4 is 18.2 Å². The lowest BCUT2D eigenvalue weighted by atomic mass is 9.87. The molecule has 212 valence electrons. The van der Waals surface area contributed by atoms with Crippen LogP contribution >= 0.6 is 0 Å². The molecule has 0 aromatic heterocycles. The molecule has 2 amide bonds. The molecule has 0 fully saturated rings. The number of urea groups is 1. The van der Waals surface area contributed by atoms with Crippen LogP contribution in [0.4, 0.5) is 4.79 Å². The third-order valence-electron chi connectivity index (χ3n) is 6.96. The van der Waals surface area contributed by atoms with Crippen molar-refractivity contribution in [3.63, 3.8) is 0 Å². The molecule has 0 aliphatic carbocycles. The van der Waals surface area contributed by atoms with E-state index in [1.165, 1.54) is 16.0 Å². The van der Waals surface area contributed by atoms with Gasteiger partial charge in [0.1, 0.15) is 17.9 Å². The molecular formula is C34H43N3O3. The topological polar surface area (TPSA) is 82.5 Å². The summed E-state index contributed by atoms with van der Waals surface area (Å²) in [5.74, 6) is 1.07. The Bertz CT molecular complexity index is 1290. The van der Waals surface area contributed by atoms with E-state index in [1.54, 1.807) is 0 Å². The highest BCUT2D eigenvalue weighted by atomic mass is 16.5. The van der Waals surface area contributed by atoms with Crippen LogP contribution in [0, 0.1) is 5.41 Å². The summed E-state index contributed by atoms with van der Waals surface area (Å²) in [6, 6.07) is 22.4. The average Bonchev–Trinajstić information content (AvgIpc) is 2.93. The van der Waals surface area contributed by atoms with Gasteiger partial charge in [-0.05, 0) is 66.0 Å². The summed E-state index contributed by atoms with van der Waals surface area (Å²) in [4.78, 5) is 25.4. The number of hydrogen-bond acceptors (Lipinski definition) is 4. The van der Waals surface area contributed by atoms with Crippen LogP contribution in [0.25, 0.3) is 11.1 Å². The Balaban J connectivity index is 1.55. The molecule has 40 heavy (non-hydrogen) atoms. The van der Waals surface area contributed by atoms with Crippen molar-refractivity contribution in [1.82, 2.24) is 10.2 Å². The van der Waals surface area contributed by atoms with Crippen molar-refractivity contribution in [2.24, 2.45) is 0 Å². The molecule has 0 bridgehead atoms. The predicted octanol–water partition coefficient (Wildman–Crippen LogP) is 7.32. The number of aldehydes is 1. The Kier molecular flexibility index (Phi) is 11.1. The molecule has 3 aromatic carbocycles. The standard InChI is InChI=1S/C34H43N3O3/c1-6-37(33(39)36-24-26-14-18-30(19-15-26)34(3,4)5)32(35)13-9-11-25-10-8-12-28(22-25)29-17-16-27(20-21-38)31(23-29)40-7-2/h8,10,12,14-19,21-23,35H,6-7,9,11,13,20,24H2,1-5H3,(H,36,39). The van der Waals surface area contributed by atoms with Crippen LogP contribution in [0.1, 0.15) is 69.7 Å². The lowest BCUT2D eigenvalue weighted by Gasteiger charge is -2.22. The minimum atomic E-state index is -0.238. The molecule has 3 rings (SSSR count). The number of carbonyl (C=O) groups excluding carboxylic acids is 2. The van der Waals surface area contributed by atoms with Crippen LogP contribution in [-0.2, 0) is 29.6 Å². The molecule has 0 spiro atoms. The lowest BCUT2D eigenvalue weighted by molar-refractivity contribution is -0.107. The van der Waals surface area contributed by atoms with E-state index in [0.717, 1.165) is 47.1 Å². The fourth-order valence-electron chi connectivity index (χ4n) is 4.64. The average molecular weight is 542 g/mol. The normalized spacial score (nSPS) is 11.1. The molecule has 0 atom stereocenters. The summed E-state index contributed by atoms with van der Waals surface area (Å²) in [7, 11) is 0. The van der Waals surface area contributed by atoms with Gasteiger partial charge >= 0.3 is 6.03 Å². The largest absolute Gasteiger partial charge is 0.494 e. The number of aryl methyl sites for hydroxylation is 1. The smallest absolute Gasteiger partial charge is 0.323 e. The number of carbonyl (C=O) groups is 2. The quantitative estimate of drug-likeness (QED) is 0.143. The number of amides is 2. The van der Waals surface area contributed by atoms with Gasteiger partial charge in [0.15, 0.2) is 0 Å². The first kappa shape index (κ1) is 30.6. The number of nitrogens with zero attached hydrogens (tertiary/aromatic N) is 1. The molecule has 0 saturated heterocycles. The lowest BCUT2D eigenvalue weighted by Crippen LogP contribution is -2.43. The van der Waals surface area contributed by atoms with Gasteiger partial charge < -0.3 is 14.8 Å².